The number of nitrogen functional groups attached to an aromatic ring is 1. The predicted octanol–water partition coefficient (Wildman–Crippen LogP) is 3.60. The van der Waals surface area contributed by atoms with Gasteiger partial charge in [-0.3, -0.25) is 0 Å². The fraction of sp³-hybridized carbons (Fsp3) is 0.133. The van der Waals surface area contributed by atoms with Crippen LogP contribution >= 0.6 is 15.9 Å². The number of anilines is 1. The van der Waals surface area contributed by atoms with E-state index in [1.165, 1.54) is 0 Å². The molecule has 0 atom stereocenters. The van der Waals surface area contributed by atoms with Gasteiger partial charge in [-0.25, -0.2) is 15.0 Å². The summed E-state index contributed by atoms with van der Waals surface area (Å²) in [5.41, 5.74) is 8.47. The fourth-order valence-corrected chi connectivity index (χ4v) is 2.51. The Labute approximate surface area is 125 Å². The summed E-state index contributed by atoms with van der Waals surface area (Å²) >= 11 is 3.42. The van der Waals surface area contributed by atoms with E-state index in [9.17, 15) is 0 Å². The van der Waals surface area contributed by atoms with Crippen LogP contribution in [0.15, 0.2) is 40.9 Å². The lowest BCUT2D eigenvalue weighted by molar-refractivity contribution is 0.990. The molecule has 0 bridgehead atoms. The number of hydrogen-bond donors (Lipinski definition) is 1. The van der Waals surface area contributed by atoms with Crippen LogP contribution in [0.1, 0.15) is 12.6 Å². The summed E-state index contributed by atoms with van der Waals surface area (Å²) in [7, 11) is 0. The Hall–Kier alpha value is -2.01. The van der Waals surface area contributed by atoms with Crippen molar-refractivity contribution in [3.05, 3.63) is 46.6 Å². The number of hydrogen-bond acceptors (Lipinski definition) is 4. The highest BCUT2D eigenvalue weighted by molar-refractivity contribution is 9.10. The molecule has 0 saturated heterocycles. The minimum absolute atomic E-state index is 0.446. The van der Waals surface area contributed by atoms with E-state index < -0.39 is 0 Å². The maximum atomic E-state index is 5.92. The van der Waals surface area contributed by atoms with Crippen molar-refractivity contribution in [1.82, 2.24) is 15.0 Å². The molecule has 0 radical (unpaired) electrons. The van der Waals surface area contributed by atoms with Gasteiger partial charge in [0.25, 0.3) is 0 Å². The summed E-state index contributed by atoms with van der Waals surface area (Å²) in [5.74, 6) is 1.01. The van der Waals surface area contributed by atoms with E-state index >= 15 is 0 Å². The maximum absolute atomic E-state index is 5.92. The zero-order valence-electron chi connectivity index (χ0n) is 11.0. The fourth-order valence-electron chi connectivity index (χ4n) is 2.05. The molecular formula is C15H13BrN4. The molecule has 5 heteroatoms. The van der Waals surface area contributed by atoms with E-state index in [-0.39, 0.29) is 0 Å². The number of aryl methyl sites for hydroxylation is 1. The summed E-state index contributed by atoms with van der Waals surface area (Å²) in [6.45, 7) is 2.03. The lowest BCUT2D eigenvalue weighted by Gasteiger charge is -2.07. The molecule has 0 aliphatic heterocycles. The van der Waals surface area contributed by atoms with Gasteiger partial charge in [-0.15, -0.1) is 0 Å². The number of rotatable bonds is 2. The molecule has 1 aromatic carbocycles. The first-order valence-corrected chi connectivity index (χ1v) is 7.16. The molecule has 2 heterocycles. The van der Waals surface area contributed by atoms with E-state index in [4.69, 9.17) is 5.73 Å². The summed E-state index contributed by atoms with van der Waals surface area (Å²) in [6, 6.07) is 11.9. The molecule has 3 rings (SSSR count). The molecule has 0 fully saturated rings. The van der Waals surface area contributed by atoms with Gasteiger partial charge in [0, 0.05) is 5.39 Å². The van der Waals surface area contributed by atoms with Crippen molar-refractivity contribution in [2.45, 2.75) is 13.3 Å². The molecule has 20 heavy (non-hydrogen) atoms. The Kier molecular flexibility index (Phi) is 3.36. The summed E-state index contributed by atoms with van der Waals surface area (Å²) in [6.07, 6.45) is 0.786. The van der Waals surface area contributed by atoms with Crippen molar-refractivity contribution in [3.63, 3.8) is 0 Å². The van der Waals surface area contributed by atoms with Gasteiger partial charge in [0.05, 0.1) is 15.7 Å². The highest BCUT2D eigenvalue weighted by Gasteiger charge is 2.11. The zero-order valence-corrected chi connectivity index (χ0v) is 12.6. The van der Waals surface area contributed by atoms with Crippen LogP contribution in [0.3, 0.4) is 0 Å². The second-order valence-corrected chi connectivity index (χ2v) is 5.23. The average molecular weight is 329 g/mol. The van der Waals surface area contributed by atoms with E-state index in [1.54, 1.807) is 0 Å². The second-order valence-electron chi connectivity index (χ2n) is 4.44. The number of para-hydroxylation sites is 1. The van der Waals surface area contributed by atoms with Gasteiger partial charge in [0.15, 0.2) is 5.82 Å². The van der Waals surface area contributed by atoms with Crippen molar-refractivity contribution < 1.29 is 0 Å². The number of aromatic nitrogens is 3. The summed E-state index contributed by atoms with van der Waals surface area (Å²) < 4.78 is 0.768. The predicted molar refractivity (Wildman–Crippen MR) is 84.3 cm³/mol. The van der Waals surface area contributed by atoms with Crippen LogP contribution in [0.5, 0.6) is 0 Å². The normalized spacial score (nSPS) is 10.9. The number of pyridine rings is 1. The molecule has 0 aliphatic rings. The molecular weight excluding hydrogens is 316 g/mol. The monoisotopic (exact) mass is 328 g/mol. The van der Waals surface area contributed by atoms with Gasteiger partial charge < -0.3 is 5.73 Å². The molecule has 100 valence electrons. The third-order valence-corrected chi connectivity index (χ3v) is 3.97. The third-order valence-electron chi connectivity index (χ3n) is 3.11. The Morgan fingerprint density at radius 1 is 1.05 bits per heavy atom. The van der Waals surface area contributed by atoms with Gasteiger partial charge in [-0.1, -0.05) is 31.2 Å². The summed E-state index contributed by atoms with van der Waals surface area (Å²) in [5, 5.41) is 1.09. The molecule has 0 unspecified atom stereocenters. The van der Waals surface area contributed by atoms with E-state index in [2.05, 4.69) is 30.9 Å². The van der Waals surface area contributed by atoms with Crippen molar-refractivity contribution in [2.75, 3.05) is 5.73 Å². The van der Waals surface area contributed by atoms with Gasteiger partial charge in [0.2, 0.25) is 0 Å². The highest BCUT2D eigenvalue weighted by Crippen LogP contribution is 2.25. The van der Waals surface area contributed by atoms with Crippen molar-refractivity contribution in [2.24, 2.45) is 0 Å². The van der Waals surface area contributed by atoms with Crippen LogP contribution in [0.25, 0.3) is 22.4 Å². The van der Waals surface area contributed by atoms with Gasteiger partial charge >= 0.3 is 0 Å². The van der Waals surface area contributed by atoms with E-state index in [1.807, 2.05) is 43.3 Å². The number of nitrogens with two attached hydrogens (primary N) is 1. The first-order valence-electron chi connectivity index (χ1n) is 6.37. The first-order chi connectivity index (χ1) is 9.69. The van der Waals surface area contributed by atoms with Crippen LogP contribution in [-0.2, 0) is 6.42 Å². The van der Waals surface area contributed by atoms with E-state index in [0.717, 1.165) is 33.2 Å². The van der Waals surface area contributed by atoms with Crippen LogP contribution in [0.4, 0.5) is 5.82 Å². The van der Waals surface area contributed by atoms with Gasteiger partial charge in [0.1, 0.15) is 11.5 Å². The van der Waals surface area contributed by atoms with Crippen LogP contribution < -0.4 is 5.73 Å². The number of nitrogens with zero attached hydrogens (tertiary/aromatic N) is 3. The zero-order chi connectivity index (χ0) is 14.1. The molecule has 2 N–H and O–H groups in total. The second kappa shape index (κ2) is 5.17. The van der Waals surface area contributed by atoms with Gasteiger partial charge in [-0.05, 0) is 34.5 Å². The first kappa shape index (κ1) is 13.0. The molecule has 3 aromatic rings. The smallest absolute Gasteiger partial charge is 0.180 e. The number of halogens is 1. The topological polar surface area (TPSA) is 64.7 Å². The minimum Gasteiger partial charge on any atom is -0.383 e. The van der Waals surface area contributed by atoms with Crippen LogP contribution in [0, 0.1) is 0 Å². The minimum atomic E-state index is 0.446. The molecule has 0 aliphatic carbocycles. The maximum Gasteiger partial charge on any atom is 0.180 e. The van der Waals surface area contributed by atoms with Crippen LogP contribution in [-0.4, -0.2) is 15.0 Å². The standard InChI is InChI=1S/C15H13BrN4/c1-2-10-13(16)14(17)20-15(19-10)12-8-7-9-5-3-4-6-11(9)18-12/h3-8H,2H2,1H3,(H2,17,19,20). The third kappa shape index (κ3) is 2.25. The van der Waals surface area contributed by atoms with Gasteiger partial charge in [-0.2, -0.15) is 0 Å². The summed E-state index contributed by atoms with van der Waals surface area (Å²) in [4.78, 5) is 13.4. The molecule has 0 spiro atoms. The van der Waals surface area contributed by atoms with E-state index in [0.29, 0.717) is 11.6 Å². The van der Waals surface area contributed by atoms with Crippen molar-refractivity contribution >= 4 is 32.7 Å². The molecule has 0 saturated carbocycles. The largest absolute Gasteiger partial charge is 0.383 e. The lowest BCUT2D eigenvalue weighted by Crippen LogP contribution is -2.03. The highest BCUT2D eigenvalue weighted by atomic mass is 79.9. The molecule has 4 nitrogen and oxygen atoms in total. The Morgan fingerprint density at radius 2 is 1.85 bits per heavy atom. The Morgan fingerprint density at radius 3 is 2.65 bits per heavy atom. The molecule has 2 aromatic heterocycles. The number of benzene rings is 1. The Balaban J connectivity index is 2.17. The van der Waals surface area contributed by atoms with Crippen molar-refractivity contribution in [1.29, 1.82) is 0 Å². The average Bonchev–Trinajstić information content (AvgIpc) is 2.49. The lowest BCUT2D eigenvalue weighted by atomic mass is 10.2. The number of fused-ring (bicyclic) bond motifs is 1. The SMILES string of the molecule is CCc1nc(-c2ccc3ccccc3n2)nc(N)c1Br. The van der Waals surface area contributed by atoms with Crippen molar-refractivity contribution in [3.8, 4) is 11.5 Å². The molecule has 0 amide bonds. The quantitative estimate of drug-likeness (QED) is 0.780. The Bertz CT molecular complexity index is 786. The van der Waals surface area contributed by atoms with Crippen LogP contribution in [0.2, 0.25) is 0 Å².